The third-order valence-corrected chi connectivity index (χ3v) is 5.67. The number of carbonyl (C=O) groups is 1. The predicted molar refractivity (Wildman–Crippen MR) is 108 cm³/mol. The lowest BCUT2D eigenvalue weighted by Gasteiger charge is -2.14. The molecule has 27 heavy (non-hydrogen) atoms. The standard InChI is InChI=1S/C22H23NO3S/c1-4-6-19(17-11-12-25-13-17)23-22(24)20-10-9-18(26-20)14-27-21-15(2)7-5-8-16(21)3/h4-5,7-13,19H,1,6,14H2,2-3H3,(H,23,24). The molecular weight excluding hydrogens is 358 g/mol. The second-order valence-corrected chi connectivity index (χ2v) is 7.37. The number of benzene rings is 1. The van der Waals surface area contributed by atoms with E-state index < -0.39 is 0 Å². The highest BCUT2D eigenvalue weighted by molar-refractivity contribution is 7.98. The maximum Gasteiger partial charge on any atom is 0.287 e. The second-order valence-electron chi connectivity index (χ2n) is 6.38. The van der Waals surface area contributed by atoms with E-state index in [1.807, 2.05) is 12.1 Å². The van der Waals surface area contributed by atoms with Crippen LogP contribution in [0.2, 0.25) is 0 Å². The fourth-order valence-electron chi connectivity index (χ4n) is 2.90. The van der Waals surface area contributed by atoms with E-state index in [-0.39, 0.29) is 11.9 Å². The van der Waals surface area contributed by atoms with Gasteiger partial charge >= 0.3 is 0 Å². The average molecular weight is 381 g/mol. The molecule has 0 bridgehead atoms. The number of aryl methyl sites for hydroxylation is 2. The highest BCUT2D eigenvalue weighted by Crippen LogP contribution is 2.29. The minimum Gasteiger partial charge on any atom is -0.472 e. The molecular formula is C22H23NO3S. The van der Waals surface area contributed by atoms with Gasteiger partial charge in [-0.1, -0.05) is 24.3 Å². The van der Waals surface area contributed by atoms with Gasteiger partial charge in [0.1, 0.15) is 5.76 Å². The lowest BCUT2D eigenvalue weighted by atomic mass is 10.1. The van der Waals surface area contributed by atoms with Gasteiger partial charge in [0.05, 0.1) is 24.3 Å². The van der Waals surface area contributed by atoms with Crippen molar-refractivity contribution in [3.8, 4) is 0 Å². The molecule has 5 heteroatoms. The van der Waals surface area contributed by atoms with E-state index >= 15 is 0 Å². The Morgan fingerprint density at radius 1 is 1.22 bits per heavy atom. The molecule has 1 amide bonds. The van der Waals surface area contributed by atoms with Crippen molar-refractivity contribution in [1.29, 1.82) is 0 Å². The molecule has 2 aromatic heterocycles. The van der Waals surface area contributed by atoms with Crippen LogP contribution in [0.4, 0.5) is 0 Å². The Kier molecular flexibility index (Phi) is 6.24. The van der Waals surface area contributed by atoms with Gasteiger partial charge in [-0.2, -0.15) is 0 Å². The zero-order valence-electron chi connectivity index (χ0n) is 15.5. The van der Waals surface area contributed by atoms with Gasteiger partial charge in [-0.25, -0.2) is 0 Å². The highest BCUT2D eigenvalue weighted by Gasteiger charge is 2.18. The van der Waals surface area contributed by atoms with Crippen molar-refractivity contribution in [2.24, 2.45) is 0 Å². The lowest BCUT2D eigenvalue weighted by Crippen LogP contribution is -2.27. The molecule has 0 saturated carbocycles. The lowest BCUT2D eigenvalue weighted by molar-refractivity contribution is 0.0907. The molecule has 0 spiro atoms. The van der Waals surface area contributed by atoms with Crippen LogP contribution in [-0.4, -0.2) is 5.91 Å². The van der Waals surface area contributed by atoms with Crippen molar-refractivity contribution in [3.63, 3.8) is 0 Å². The molecule has 0 aliphatic heterocycles. The van der Waals surface area contributed by atoms with E-state index in [9.17, 15) is 4.79 Å². The third kappa shape index (κ3) is 4.74. The minimum atomic E-state index is -0.244. The van der Waals surface area contributed by atoms with Gasteiger partial charge in [-0.3, -0.25) is 4.79 Å². The number of amides is 1. The van der Waals surface area contributed by atoms with E-state index in [0.717, 1.165) is 11.3 Å². The van der Waals surface area contributed by atoms with Crippen molar-refractivity contribution in [1.82, 2.24) is 5.32 Å². The van der Waals surface area contributed by atoms with E-state index in [1.54, 1.807) is 36.4 Å². The predicted octanol–water partition coefficient (Wildman–Crippen LogP) is 5.83. The molecule has 1 unspecified atom stereocenters. The Bertz CT molecular complexity index is 891. The molecule has 4 nitrogen and oxygen atoms in total. The molecule has 1 aromatic carbocycles. The van der Waals surface area contributed by atoms with Crippen molar-refractivity contribution in [2.75, 3.05) is 0 Å². The summed E-state index contributed by atoms with van der Waals surface area (Å²) < 4.78 is 10.9. The second kappa shape index (κ2) is 8.82. The zero-order chi connectivity index (χ0) is 19.2. The van der Waals surface area contributed by atoms with Crippen LogP contribution < -0.4 is 5.32 Å². The molecule has 0 saturated heterocycles. The SMILES string of the molecule is C=CCC(NC(=O)c1ccc(CSc2c(C)cccc2C)o1)c1ccoc1. The number of furan rings is 2. The Morgan fingerprint density at radius 3 is 2.67 bits per heavy atom. The van der Waals surface area contributed by atoms with Gasteiger partial charge in [-0.15, -0.1) is 18.3 Å². The first-order chi connectivity index (χ1) is 13.1. The summed E-state index contributed by atoms with van der Waals surface area (Å²) in [6.45, 7) is 7.96. The smallest absolute Gasteiger partial charge is 0.287 e. The summed E-state index contributed by atoms with van der Waals surface area (Å²) >= 11 is 1.72. The van der Waals surface area contributed by atoms with E-state index in [4.69, 9.17) is 8.83 Å². The van der Waals surface area contributed by atoms with Gasteiger partial charge in [0.2, 0.25) is 0 Å². The maximum atomic E-state index is 12.5. The monoisotopic (exact) mass is 381 g/mol. The first kappa shape index (κ1) is 19.1. The largest absolute Gasteiger partial charge is 0.472 e. The molecule has 140 valence electrons. The van der Waals surface area contributed by atoms with E-state index in [2.05, 4.69) is 43.9 Å². The van der Waals surface area contributed by atoms with Gasteiger partial charge in [0.15, 0.2) is 5.76 Å². The molecule has 3 rings (SSSR count). The molecule has 1 N–H and O–H groups in total. The van der Waals surface area contributed by atoms with Gasteiger partial charge in [0, 0.05) is 10.5 Å². The first-order valence-corrected chi connectivity index (χ1v) is 9.78. The Hall–Kier alpha value is -2.66. The maximum absolute atomic E-state index is 12.5. The van der Waals surface area contributed by atoms with E-state index in [0.29, 0.717) is 17.9 Å². The first-order valence-electron chi connectivity index (χ1n) is 8.80. The van der Waals surface area contributed by atoms with Crippen LogP contribution in [0.5, 0.6) is 0 Å². The fraction of sp³-hybridized carbons (Fsp3) is 0.227. The third-order valence-electron chi connectivity index (χ3n) is 4.31. The summed E-state index contributed by atoms with van der Waals surface area (Å²) in [7, 11) is 0. The number of hydrogen-bond donors (Lipinski definition) is 1. The molecule has 1 atom stereocenters. The molecule has 2 heterocycles. The van der Waals surface area contributed by atoms with Crippen molar-refractivity contribution in [3.05, 3.63) is 89.8 Å². The van der Waals surface area contributed by atoms with Crippen molar-refractivity contribution in [2.45, 2.75) is 37.0 Å². The van der Waals surface area contributed by atoms with Crippen LogP contribution in [-0.2, 0) is 5.75 Å². The normalized spacial score (nSPS) is 11.9. The van der Waals surface area contributed by atoms with Crippen LogP contribution in [0.25, 0.3) is 0 Å². The summed E-state index contributed by atoms with van der Waals surface area (Å²) in [6, 6.07) is 11.5. The summed E-state index contributed by atoms with van der Waals surface area (Å²) in [4.78, 5) is 13.8. The van der Waals surface area contributed by atoms with Gasteiger partial charge in [0.25, 0.3) is 5.91 Å². The summed E-state index contributed by atoms with van der Waals surface area (Å²) in [5.74, 6) is 1.52. The van der Waals surface area contributed by atoms with Crippen LogP contribution in [0.1, 0.15) is 45.5 Å². The number of thioether (sulfide) groups is 1. The van der Waals surface area contributed by atoms with Gasteiger partial charge < -0.3 is 14.2 Å². The molecule has 0 radical (unpaired) electrons. The quantitative estimate of drug-likeness (QED) is 0.394. The summed E-state index contributed by atoms with van der Waals surface area (Å²) in [5, 5.41) is 2.97. The Balaban J connectivity index is 1.64. The molecule has 0 aliphatic carbocycles. The number of rotatable bonds is 8. The van der Waals surface area contributed by atoms with Crippen LogP contribution in [0.3, 0.4) is 0 Å². The molecule has 0 fully saturated rings. The zero-order valence-corrected chi connectivity index (χ0v) is 16.3. The number of carbonyl (C=O) groups excluding carboxylic acids is 1. The number of nitrogens with one attached hydrogen (secondary N) is 1. The molecule has 0 aliphatic rings. The van der Waals surface area contributed by atoms with E-state index in [1.165, 1.54) is 16.0 Å². The summed E-state index contributed by atoms with van der Waals surface area (Å²) in [5.41, 5.74) is 3.40. The highest BCUT2D eigenvalue weighted by atomic mass is 32.2. The topological polar surface area (TPSA) is 55.4 Å². The van der Waals surface area contributed by atoms with Crippen LogP contribution in [0, 0.1) is 13.8 Å². The van der Waals surface area contributed by atoms with Crippen molar-refractivity contribution < 1.29 is 13.6 Å². The van der Waals surface area contributed by atoms with Gasteiger partial charge in [-0.05, 0) is 49.6 Å². The van der Waals surface area contributed by atoms with Crippen molar-refractivity contribution >= 4 is 17.7 Å². The summed E-state index contributed by atoms with van der Waals surface area (Å²) in [6.07, 6.45) is 5.60. The van der Waals surface area contributed by atoms with Crippen LogP contribution in [0.15, 0.2) is 75.3 Å². The number of hydrogen-bond acceptors (Lipinski definition) is 4. The average Bonchev–Trinajstić information content (AvgIpc) is 3.33. The Morgan fingerprint density at radius 2 is 2.00 bits per heavy atom. The minimum absolute atomic E-state index is 0.189. The molecule has 3 aromatic rings. The van der Waals surface area contributed by atoms with Crippen LogP contribution >= 0.6 is 11.8 Å². The Labute approximate surface area is 163 Å². The fourth-order valence-corrected chi connectivity index (χ4v) is 3.93.